The Morgan fingerprint density at radius 1 is 1.27 bits per heavy atom. The summed E-state index contributed by atoms with van der Waals surface area (Å²) in [5.41, 5.74) is 0.994. The zero-order valence-electron chi connectivity index (χ0n) is 12.3. The molecule has 2 N–H and O–H groups in total. The lowest BCUT2D eigenvalue weighted by Gasteiger charge is -2.14. The summed E-state index contributed by atoms with van der Waals surface area (Å²) in [4.78, 5) is 24.2. The predicted molar refractivity (Wildman–Crippen MR) is 87.7 cm³/mol. The standard InChI is InChI=1S/C16H19N3O2S/c17-9-10-22-11-15(20)19-14-8-4-3-7-13(14)16(21)18-12-5-1-2-6-12/h3-4,7-8,12H,1-2,5-6,10-11H2,(H,18,21)(H,19,20). The number of hydrogen-bond acceptors (Lipinski definition) is 4. The van der Waals surface area contributed by atoms with Crippen molar-refractivity contribution in [2.24, 2.45) is 0 Å². The van der Waals surface area contributed by atoms with E-state index in [0.717, 1.165) is 25.7 Å². The fraction of sp³-hybridized carbons (Fsp3) is 0.438. The number of thioether (sulfide) groups is 1. The number of nitriles is 1. The number of carbonyl (C=O) groups is 2. The molecule has 22 heavy (non-hydrogen) atoms. The first kappa shape index (κ1) is 16.4. The van der Waals surface area contributed by atoms with E-state index in [-0.39, 0.29) is 29.4 Å². The third-order valence-corrected chi connectivity index (χ3v) is 4.34. The number of nitrogens with zero attached hydrogens (tertiary/aromatic N) is 1. The van der Waals surface area contributed by atoms with Gasteiger partial charge < -0.3 is 10.6 Å². The molecular formula is C16H19N3O2S. The van der Waals surface area contributed by atoms with Gasteiger partial charge >= 0.3 is 0 Å². The Morgan fingerprint density at radius 3 is 2.73 bits per heavy atom. The van der Waals surface area contributed by atoms with Crippen molar-refractivity contribution in [3.63, 3.8) is 0 Å². The van der Waals surface area contributed by atoms with Crippen molar-refractivity contribution in [2.45, 2.75) is 31.7 Å². The van der Waals surface area contributed by atoms with E-state index < -0.39 is 0 Å². The fourth-order valence-electron chi connectivity index (χ4n) is 2.50. The highest BCUT2D eigenvalue weighted by molar-refractivity contribution is 8.00. The molecule has 1 aromatic rings. The van der Waals surface area contributed by atoms with Crippen molar-refractivity contribution in [3.05, 3.63) is 29.8 Å². The second-order valence-corrected chi connectivity index (χ2v) is 6.19. The van der Waals surface area contributed by atoms with Crippen LogP contribution in [-0.4, -0.2) is 29.4 Å². The molecule has 2 amide bonds. The van der Waals surface area contributed by atoms with E-state index in [1.807, 2.05) is 6.07 Å². The van der Waals surface area contributed by atoms with E-state index in [0.29, 0.717) is 11.3 Å². The van der Waals surface area contributed by atoms with Crippen LogP contribution in [0.3, 0.4) is 0 Å². The van der Waals surface area contributed by atoms with Crippen LogP contribution in [0, 0.1) is 11.3 Å². The van der Waals surface area contributed by atoms with Crippen molar-refractivity contribution >= 4 is 29.3 Å². The average Bonchev–Trinajstić information content (AvgIpc) is 3.01. The Kier molecular flexibility index (Phi) is 6.28. The predicted octanol–water partition coefficient (Wildman–Crippen LogP) is 2.55. The molecule has 1 saturated carbocycles. The summed E-state index contributed by atoms with van der Waals surface area (Å²) < 4.78 is 0. The topological polar surface area (TPSA) is 82.0 Å². The van der Waals surface area contributed by atoms with E-state index in [2.05, 4.69) is 10.6 Å². The molecule has 0 saturated heterocycles. The Morgan fingerprint density at radius 2 is 2.00 bits per heavy atom. The molecular weight excluding hydrogens is 298 g/mol. The lowest BCUT2D eigenvalue weighted by molar-refractivity contribution is -0.113. The quantitative estimate of drug-likeness (QED) is 0.790. The first-order valence-electron chi connectivity index (χ1n) is 7.35. The molecule has 116 valence electrons. The highest BCUT2D eigenvalue weighted by Crippen LogP contribution is 2.20. The van der Waals surface area contributed by atoms with Gasteiger partial charge in [-0.1, -0.05) is 25.0 Å². The number of anilines is 1. The van der Waals surface area contributed by atoms with Crippen LogP contribution in [0.5, 0.6) is 0 Å². The number of rotatable bonds is 6. The van der Waals surface area contributed by atoms with Crippen LogP contribution in [0.15, 0.2) is 24.3 Å². The third kappa shape index (κ3) is 4.78. The van der Waals surface area contributed by atoms with Gasteiger partial charge in [-0.2, -0.15) is 5.26 Å². The zero-order valence-corrected chi connectivity index (χ0v) is 13.1. The van der Waals surface area contributed by atoms with Crippen LogP contribution in [0.25, 0.3) is 0 Å². The summed E-state index contributed by atoms with van der Waals surface area (Å²) in [5, 5.41) is 14.2. The highest BCUT2D eigenvalue weighted by Gasteiger charge is 2.20. The molecule has 1 aliphatic carbocycles. The smallest absolute Gasteiger partial charge is 0.253 e. The number of benzene rings is 1. The summed E-state index contributed by atoms with van der Waals surface area (Å²) in [7, 11) is 0. The van der Waals surface area contributed by atoms with Gasteiger partial charge in [0, 0.05) is 6.04 Å². The van der Waals surface area contributed by atoms with Crippen molar-refractivity contribution in [3.8, 4) is 6.07 Å². The summed E-state index contributed by atoms with van der Waals surface area (Å²) in [5.74, 6) is 0.123. The summed E-state index contributed by atoms with van der Waals surface area (Å²) in [6.45, 7) is 0. The highest BCUT2D eigenvalue weighted by atomic mass is 32.2. The third-order valence-electron chi connectivity index (χ3n) is 3.54. The maximum Gasteiger partial charge on any atom is 0.253 e. The molecule has 2 rings (SSSR count). The van der Waals surface area contributed by atoms with Gasteiger partial charge in [-0.25, -0.2) is 0 Å². The summed E-state index contributed by atoms with van der Waals surface area (Å²) in [6, 6.07) is 9.21. The minimum atomic E-state index is -0.207. The van der Waals surface area contributed by atoms with Crippen LogP contribution in [0.2, 0.25) is 0 Å². The van der Waals surface area contributed by atoms with Crippen molar-refractivity contribution in [2.75, 3.05) is 16.8 Å². The molecule has 0 atom stereocenters. The van der Waals surface area contributed by atoms with Crippen molar-refractivity contribution in [1.29, 1.82) is 5.26 Å². The Labute approximate surface area is 134 Å². The van der Waals surface area contributed by atoms with Gasteiger partial charge in [0.05, 0.1) is 28.8 Å². The molecule has 6 heteroatoms. The molecule has 1 fully saturated rings. The first-order chi connectivity index (χ1) is 10.7. The van der Waals surface area contributed by atoms with Crippen LogP contribution >= 0.6 is 11.8 Å². The van der Waals surface area contributed by atoms with Gasteiger partial charge in [-0.05, 0) is 25.0 Å². The molecule has 1 aromatic carbocycles. The molecule has 5 nitrogen and oxygen atoms in total. The number of carbonyl (C=O) groups excluding carboxylic acids is 2. The van der Waals surface area contributed by atoms with Gasteiger partial charge in [0.1, 0.15) is 0 Å². The summed E-state index contributed by atoms with van der Waals surface area (Å²) in [6.07, 6.45) is 4.34. The Balaban J connectivity index is 1.98. The monoisotopic (exact) mass is 317 g/mol. The molecule has 0 aromatic heterocycles. The molecule has 1 aliphatic rings. The van der Waals surface area contributed by atoms with Crippen molar-refractivity contribution in [1.82, 2.24) is 5.32 Å². The van der Waals surface area contributed by atoms with Gasteiger partial charge in [0.25, 0.3) is 5.91 Å². The minimum Gasteiger partial charge on any atom is -0.349 e. The molecule has 0 radical (unpaired) electrons. The molecule has 0 unspecified atom stereocenters. The van der Waals surface area contributed by atoms with E-state index in [4.69, 9.17) is 5.26 Å². The van der Waals surface area contributed by atoms with Gasteiger partial charge in [-0.15, -0.1) is 11.8 Å². The number of para-hydroxylation sites is 1. The zero-order chi connectivity index (χ0) is 15.8. The average molecular weight is 317 g/mol. The SMILES string of the molecule is N#CCSCC(=O)Nc1ccccc1C(=O)NC1CCCC1. The minimum absolute atomic E-state index is 0.146. The van der Waals surface area contributed by atoms with Crippen LogP contribution < -0.4 is 10.6 Å². The molecule has 0 bridgehead atoms. The van der Waals surface area contributed by atoms with Gasteiger partial charge in [0.2, 0.25) is 5.91 Å². The van der Waals surface area contributed by atoms with Crippen LogP contribution in [-0.2, 0) is 4.79 Å². The van der Waals surface area contributed by atoms with Crippen molar-refractivity contribution < 1.29 is 9.59 Å². The second-order valence-electron chi connectivity index (χ2n) is 5.20. The fourth-order valence-corrected chi connectivity index (χ4v) is 2.95. The largest absolute Gasteiger partial charge is 0.349 e. The van der Waals surface area contributed by atoms with E-state index in [9.17, 15) is 9.59 Å². The molecule has 0 heterocycles. The number of amides is 2. The van der Waals surface area contributed by atoms with E-state index in [1.165, 1.54) is 11.8 Å². The normalized spacial score (nSPS) is 14.3. The number of hydrogen-bond donors (Lipinski definition) is 2. The summed E-state index contributed by atoms with van der Waals surface area (Å²) >= 11 is 1.25. The van der Waals surface area contributed by atoms with Gasteiger partial charge in [0.15, 0.2) is 0 Å². The maximum atomic E-state index is 12.4. The van der Waals surface area contributed by atoms with Crippen LogP contribution in [0.1, 0.15) is 36.0 Å². The maximum absolute atomic E-state index is 12.4. The lowest BCUT2D eigenvalue weighted by Crippen LogP contribution is -2.33. The molecule has 0 spiro atoms. The lowest BCUT2D eigenvalue weighted by atomic mass is 10.1. The first-order valence-corrected chi connectivity index (χ1v) is 8.50. The number of nitrogens with one attached hydrogen (secondary N) is 2. The van der Waals surface area contributed by atoms with E-state index in [1.54, 1.807) is 24.3 Å². The Hall–Kier alpha value is -2.00. The second kappa shape index (κ2) is 8.44. The Bertz CT molecular complexity index is 577. The molecule has 0 aliphatic heterocycles. The van der Waals surface area contributed by atoms with E-state index >= 15 is 0 Å². The van der Waals surface area contributed by atoms with Crippen LogP contribution in [0.4, 0.5) is 5.69 Å². The van der Waals surface area contributed by atoms with Gasteiger partial charge in [-0.3, -0.25) is 9.59 Å².